The maximum absolute atomic E-state index is 14.0. The van der Waals surface area contributed by atoms with Crippen molar-refractivity contribution in [2.24, 2.45) is 11.1 Å². The molecule has 0 unspecified atom stereocenters. The van der Waals surface area contributed by atoms with Gasteiger partial charge in [-0.05, 0) is 78.3 Å². The van der Waals surface area contributed by atoms with E-state index in [0.29, 0.717) is 65.3 Å². The molecule has 0 saturated carbocycles. The van der Waals surface area contributed by atoms with Gasteiger partial charge in [-0.1, -0.05) is 87.5 Å². The monoisotopic (exact) mass is 1100 g/mol. The normalized spacial score (nSPS) is 18.2. The summed E-state index contributed by atoms with van der Waals surface area (Å²) >= 11 is 1.57. The number of para-hydroxylation sites is 1. The van der Waals surface area contributed by atoms with Gasteiger partial charge in [-0.3, -0.25) is 33.7 Å². The van der Waals surface area contributed by atoms with E-state index < -0.39 is 59.5 Å². The van der Waals surface area contributed by atoms with Crippen LogP contribution >= 0.6 is 11.3 Å². The van der Waals surface area contributed by atoms with Gasteiger partial charge in [0.25, 0.3) is 0 Å². The highest BCUT2D eigenvalue weighted by atomic mass is 32.1. The molecule has 7 rings (SSSR count). The molecule has 3 aliphatic heterocycles. The quantitative estimate of drug-likeness (QED) is 0.0471. The van der Waals surface area contributed by atoms with E-state index in [1.54, 1.807) is 16.2 Å². The van der Waals surface area contributed by atoms with Gasteiger partial charge < -0.3 is 55.4 Å². The predicted molar refractivity (Wildman–Crippen MR) is 294 cm³/mol. The first-order valence-corrected chi connectivity index (χ1v) is 27.9. The van der Waals surface area contributed by atoms with E-state index in [1.807, 2.05) is 107 Å². The van der Waals surface area contributed by atoms with Crippen LogP contribution in [0.15, 0.2) is 72.2 Å². The first kappa shape index (κ1) is 59.5. The highest BCUT2D eigenvalue weighted by molar-refractivity contribution is 7.13. The fourth-order valence-corrected chi connectivity index (χ4v) is 10.8. The molecule has 1 saturated heterocycles. The molecule has 6 N–H and O–H groups in total. The second kappa shape index (κ2) is 28.7. The van der Waals surface area contributed by atoms with Gasteiger partial charge in [0.1, 0.15) is 24.7 Å². The zero-order chi connectivity index (χ0) is 55.8. The number of likely N-dealkylation sites (tertiary alicyclic amines) is 1. The number of aromatic nitrogens is 1. The van der Waals surface area contributed by atoms with Crippen molar-refractivity contribution in [2.45, 2.75) is 136 Å². The van der Waals surface area contributed by atoms with Crippen LogP contribution < -0.4 is 26.6 Å². The number of hydrogen-bond donors (Lipinski definition) is 5. The summed E-state index contributed by atoms with van der Waals surface area (Å²) in [6, 6.07) is 18.8. The highest BCUT2D eigenvalue weighted by Gasteiger charge is 2.45. The minimum absolute atomic E-state index is 0.0251. The summed E-state index contributed by atoms with van der Waals surface area (Å²) < 4.78 is 28.8. The number of rotatable bonds is 29. The standard InChI is InChI=1S/C58H77N7O12S/c1-37-53(78-36-61-37)43-18-16-40(17-19-43)32-60-55(70)47-31-45(66)33-64(47)57(72)54(58(3,4)5)63-50(68)35-76-29-28-75-27-26-74-25-24-73-23-22-39-12-14-41(15-13-39)34-77-38(2)46(20-21-49(59)67)62-56(71)48-30-44-10-6-8-42-9-7-11-51(69)65(48)52(42)44/h6,8,10,12-19,36,38,45-48,54,66H,7,9,11,20-35H2,1-5H3,(H2,59,67)(H,60,70)(H,62,71)(H,63,68)/t38-,45-,46+,47+,48+,54-/m1/s1. The minimum atomic E-state index is -0.976. The van der Waals surface area contributed by atoms with E-state index in [0.717, 1.165) is 62.5 Å². The molecule has 6 atom stereocenters. The van der Waals surface area contributed by atoms with Crippen LogP contribution in [0.2, 0.25) is 0 Å². The second-order valence-electron chi connectivity index (χ2n) is 21.3. The number of primary amides is 1. The van der Waals surface area contributed by atoms with Crippen molar-refractivity contribution in [3.05, 3.63) is 106 Å². The lowest BCUT2D eigenvalue weighted by molar-refractivity contribution is -0.144. The van der Waals surface area contributed by atoms with Crippen molar-refractivity contribution >= 4 is 52.5 Å². The molecule has 0 bridgehead atoms. The van der Waals surface area contributed by atoms with Crippen LogP contribution in [0.4, 0.5) is 5.69 Å². The Morgan fingerprint density at radius 2 is 1.47 bits per heavy atom. The smallest absolute Gasteiger partial charge is 0.246 e. The van der Waals surface area contributed by atoms with Crippen molar-refractivity contribution in [1.82, 2.24) is 25.8 Å². The number of nitrogens with two attached hydrogens (primary N) is 1. The first-order valence-electron chi connectivity index (χ1n) is 27.0. The fraction of sp³-hybridized carbons (Fsp3) is 0.534. The molecule has 0 radical (unpaired) electrons. The number of aliphatic hydroxyl groups excluding tert-OH is 1. The van der Waals surface area contributed by atoms with E-state index >= 15 is 0 Å². The zero-order valence-corrected chi connectivity index (χ0v) is 46.4. The largest absolute Gasteiger partial charge is 0.391 e. The lowest BCUT2D eigenvalue weighted by Gasteiger charge is -2.35. The number of amides is 6. The second-order valence-corrected chi connectivity index (χ2v) is 22.2. The van der Waals surface area contributed by atoms with Crippen LogP contribution in [-0.4, -0.2) is 146 Å². The van der Waals surface area contributed by atoms with Gasteiger partial charge in [0.05, 0.1) is 92.9 Å². The van der Waals surface area contributed by atoms with Crippen molar-refractivity contribution < 1.29 is 57.6 Å². The van der Waals surface area contributed by atoms with E-state index in [9.17, 15) is 33.9 Å². The molecule has 78 heavy (non-hydrogen) atoms. The summed E-state index contributed by atoms with van der Waals surface area (Å²) in [6.07, 6.45) is 2.21. The Morgan fingerprint density at radius 1 is 0.821 bits per heavy atom. The van der Waals surface area contributed by atoms with Gasteiger partial charge in [-0.25, -0.2) is 4.98 Å². The minimum Gasteiger partial charge on any atom is -0.391 e. The SMILES string of the molecule is Cc1ncsc1-c1ccc(CNC(=O)[C@@H]2C[C@@H](O)CN2C(=O)[C@@H](NC(=O)COCCOCCOCCOCCc2ccc(CO[C@H](C)[C@H](CCC(N)=O)NC(=O)[C@@H]3Cc4cccc5c4N3C(=O)CCC5)cc2)C(C)(C)C)cc1. The van der Waals surface area contributed by atoms with Gasteiger partial charge in [0.15, 0.2) is 0 Å². The third kappa shape index (κ3) is 16.7. The number of nitrogens with zero attached hydrogens (tertiary/aromatic N) is 3. The number of carbonyl (C=O) groups excluding carboxylic acids is 6. The van der Waals surface area contributed by atoms with Gasteiger partial charge in [0, 0.05) is 38.8 Å². The van der Waals surface area contributed by atoms with Crippen molar-refractivity contribution in [3.8, 4) is 10.4 Å². The van der Waals surface area contributed by atoms with Crippen LogP contribution in [0.3, 0.4) is 0 Å². The van der Waals surface area contributed by atoms with Gasteiger partial charge in [-0.15, -0.1) is 11.3 Å². The number of carbonyl (C=O) groups is 6. The molecule has 6 amide bonds. The number of ether oxygens (including phenoxy) is 5. The number of aliphatic hydroxyl groups is 1. The van der Waals surface area contributed by atoms with E-state index in [2.05, 4.69) is 20.9 Å². The summed E-state index contributed by atoms with van der Waals surface area (Å²) in [6.45, 7) is 11.9. The molecule has 0 spiro atoms. The van der Waals surface area contributed by atoms with E-state index in [-0.39, 0.29) is 63.5 Å². The summed E-state index contributed by atoms with van der Waals surface area (Å²) in [4.78, 5) is 87.6. The molecular weight excluding hydrogens is 1020 g/mol. The number of thiazole rings is 1. The van der Waals surface area contributed by atoms with Crippen LogP contribution in [0.1, 0.15) is 93.3 Å². The number of nitrogens with one attached hydrogen (secondary N) is 3. The van der Waals surface area contributed by atoms with Gasteiger partial charge in [-0.2, -0.15) is 0 Å². The first-order chi connectivity index (χ1) is 37.5. The highest BCUT2D eigenvalue weighted by Crippen LogP contribution is 2.39. The van der Waals surface area contributed by atoms with Crippen molar-refractivity contribution in [2.75, 3.05) is 64.3 Å². The third-order valence-corrected chi connectivity index (χ3v) is 15.3. The lowest BCUT2D eigenvalue weighted by Crippen LogP contribution is -2.58. The Bertz CT molecular complexity index is 2660. The zero-order valence-electron chi connectivity index (χ0n) is 45.6. The topological polar surface area (TPSA) is 250 Å². The number of anilines is 1. The van der Waals surface area contributed by atoms with Crippen LogP contribution in [0, 0.1) is 12.3 Å². The van der Waals surface area contributed by atoms with Crippen LogP contribution in [-0.2, 0) is 84.9 Å². The van der Waals surface area contributed by atoms with E-state index in [1.165, 1.54) is 4.90 Å². The summed E-state index contributed by atoms with van der Waals surface area (Å²) in [5.74, 6) is -2.11. The summed E-state index contributed by atoms with van der Waals surface area (Å²) in [5, 5.41) is 19.4. The van der Waals surface area contributed by atoms with Gasteiger partial charge >= 0.3 is 0 Å². The summed E-state index contributed by atoms with van der Waals surface area (Å²) in [7, 11) is 0. The molecule has 3 aromatic carbocycles. The van der Waals surface area contributed by atoms with E-state index in [4.69, 9.17) is 29.4 Å². The molecule has 4 heterocycles. The van der Waals surface area contributed by atoms with Crippen LogP contribution in [0.25, 0.3) is 10.4 Å². The maximum Gasteiger partial charge on any atom is 0.246 e. The Labute approximate surface area is 461 Å². The molecular formula is C58H77N7O12S. The number of benzene rings is 3. The number of hydrogen-bond acceptors (Lipinski definition) is 14. The lowest BCUT2D eigenvalue weighted by atomic mass is 9.85. The third-order valence-electron chi connectivity index (χ3n) is 14.3. The molecule has 19 nitrogen and oxygen atoms in total. The van der Waals surface area contributed by atoms with Crippen molar-refractivity contribution in [1.29, 1.82) is 0 Å². The number of β-amino-alcohol motifs (C(OH)–C–C–N with tert-alkyl or cyclic N) is 1. The average Bonchev–Trinajstić information content (AvgIpc) is 4.24. The van der Waals surface area contributed by atoms with Crippen LogP contribution in [0.5, 0.6) is 0 Å². The Kier molecular flexibility index (Phi) is 21.9. The molecule has 0 aliphatic carbocycles. The Morgan fingerprint density at radius 3 is 2.14 bits per heavy atom. The molecule has 20 heteroatoms. The van der Waals surface area contributed by atoms with Gasteiger partial charge in [0.2, 0.25) is 35.4 Å². The Hall–Kier alpha value is -6.13. The fourth-order valence-electron chi connectivity index (χ4n) is 9.98. The Balaban J connectivity index is 0.723. The predicted octanol–water partition coefficient (Wildman–Crippen LogP) is 4.49. The maximum atomic E-state index is 14.0. The average molecular weight is 1100 g/mol. The van der Waals surface area contributed by atoms with Crippen molar-refractivity contribution in [3.63, 3.8) is 0 Å². The summed E-state index contributed by atoms with van der Waals surface area (Å²) in [5.41, 5.74) is 14.5. The molecule has 422 valence electrons. The number of aryl methyl sites for hydroxylation is 2. The molecule has 1 fully saturated rings. The molecule has 4 aromatic rings. The molecule has 3 aliphatic rings. The molecule has 1 aromatic heterocycles.